The van der Waals surface area contributed by atoms with Crippen LogP contribution in [0.2, 0.25) is 5.02 Å². The number of hydrogen-bond acceptors (Lipinski definition) is 4. The lowest BCUT2D eigenvalue weighted by molar-refractivity contribution is 0.289. The molecule has 0 fully saturated rings. The van der Waals surface area contributed by atoms with Gasteiger partial charge in [-0.3, -0.25) is 4.57 Å². The van der Waals surface area contributed by atoms with E-state index in [2.05, 4.69) is 63.3 Å². The second-order valence-electron chi connectivity index (χ2n) is 6.45. The Balaban J connectivity index is 1.61. The van der Waals surface area contributed by atoms with Gasteiger partial charge < -0.3 is 4.74 Å². The van der Waals surface area contributed by atoms with Crippen molar-refractivity contribution in [3.63, 3.8) is 0 Å². The maximum atomic E-state index is 5.95. The Morgan fingerprint density at radius 3 is 2.38 bits per heavy atom. The molecule has 0 saturated heterocycles. The molecule has 0 atom stereocenters. The molecule has 0 aliphatic carbocycles. The largest absolute Gasteiger partial charge is 0.486 e. The minimum absolute atomic E-state index is 0.336. The minimum Gasteiger partial charge on any atom is -0.486 e. The summed E-state index contributed by atoms with van der Waals surface area (Å²) in [5.74, 6) is 1.53. The lowest BCUT2D eigenvalue weighted by atomic mass is 10.00. The average molecular weight is 422 g/mol. The van der Waals surface area contributed by atoms with Crippen LogP contribution in [-0.4, -0.2) is 21.0 Å². The summed E-state index contributed by atoms with van der Waals surface area (Å²) in [5.41, 5.74) is 3.61. The van der Waals surface area contributed by atoms with E-state index >= 15 is 0 Å². The van der Waals surface area contributed by atoms with Gasteiger partial charge in [-0.05, 0) is 47.2 Å². The Labute approximate surface area is 179 Å². The normalized spacial score (nSPS) is 10.8. The molecule has 0 bridgehead atoms. The van der Waals surface area contributed by atoms with Crippen molar-refractivity contribution >= 4 is 23.4 Å². The molecule has 6 heteroatoms. The summed E-state index contributed by atoms with van der Waals surface area (Å²) in [7, 11) is 0. The summed E-state index contributed by atoms with van der Waals surface area (Å²) in [6.07, 6.45) is 2.01. The van der Waals surface area contributed by atoms with Gasteiger partial charge in [-0.2, -0.15) is 0 Å². The first-order chi connectivity index (χ1) is 14.2. The Kier molecular flexibility index (Phi) is 6.17. The maximum Gasteiger partial charge on any atom is 0.191 e. The van der Waals surface area contributed by atoms with Crippen molar-refractivity contribution < 1.29 is 4.74 Å². The van der Waals surface area contributed by atoms with Crippen LogP contribution < -0.4 is 4.74 Å². The molecule has 146 valence electrons. The highest BCUT2D eigenvalue weighted by Gasteiger charge is 2.14. The Morgan fingerprint density at radius 2 is 1.62 bits per heavy atom. The Hall–Kier alpha value is -2.76. The summed E-state index contributed by atoms with van der Waals surface area (Å²) in [6.45, 7) is 1.01. The van der Waals surface area contributed by atoms with Crippen molar-refractivity contribution in [2.24, 2.45) is 0 Å². The molecular weight excluding hydrogens is 402 g/mol. The van der Waals surface area contributed by atoms with Crippen LogP contribution in [0.25, 0.3) is 11.1 Å². The van der Waals surface area contributed by atoms with E-state index in [0.717, 1.165) is 16.7 Å². The zero-order valence-electron chi connectivity index (χ0n) is 16.0. The first-order valence-corrected chi connectivity index (χ1v) is 10.8. The van der Waals surface area contributed by atoms with Crippen LogP contribution in [0.1, 0.15) is 11.4 Å². The molecule has 0 aliphatic heterocycles. The van der Waals surface area contributed by atoms with Crippen molar-refractivity contribution in [2.75, 3.05) is 6.26 Å². The lowest BCUT2D eigenvalue weighted by Crippen LogP contribution is -2.10. The van der Waals surface area contributed by atoms with Crippen LogP contribution in [0.3, 0.4) is 0 Å². The third-order valence-corrected chi connectivity index (χ3v) is 5.51. The predicted molar refractivity (Wildman–Crippen MR) is 119 cm³/mol. The molecule has 0 saturated carbocycles. The summed E-state index contributed by atoms with van der Waals surface area (Å²) in [4.78, 5) is 0. The van der Waals surface area contributed by atoms with Crippen molar-refractivity contribution in [3.05, 3.63) is 95.3 Å². The van der Waals surface area contributed by atoms with Crippen molar-refractivity contribution in [2.45, 2.75) is 18.3 Å². The van der Waals surface area contributed by atoms with Crippen LogP contribution in [0.15, 0.2) is 84.0 Å². The van der Waals surface area contributed by atoms with Crippen LogP contribution in [0.4, 0.5) is 0 Å². The third-order valence-electron chi connectivity index (χ3n) is 4.59. The molecule has 0 N–H and O–H groups in total. The fraction of sp³-hybridized carbons (Fsp3) is 0.130. The minimum atomic E-state index is 0.336. The van der Waals surface area contributed by atoms with Crippen LogP contribution in [0.5, 0.6) is 5.75 Å². The van der Waals surface area contributed by atoms with Crippen molar-refractivity contribution in [1.82, 2.24) is 14.8 Å². The van der Waals surface area contributed by atoms with Gasteiger partial charge in [0.2, 0.25) is 0 Å². The Morgan fingerprint density at radius 1 is 0.897 bits per heavy atom. The standard InChI is InChI=1S/C23H20ClN3OS/c1-29-23-26-25-22(16-28-20-13-11-19(24)12-14-20)27(23)15-18-9-5-6-10-21(18)17-7-3-2-4-8-17/h2-14H,15-16H2,1H3. The van der Waals surface area contributed by atoms with Gasteiger partial charge in [0.25, 0.3) is 0 Å². The van der Waals surface area contributed by atoms with Gasteiger partial charge >= 0.3 is 0 Å². The molecule has 1 heterocycles. The monoisotopic (exact) mass is 421 g/mol. The van der Waals surface area contributed by atoms with Gasteiger partial charge in [0.1, 0.15) is 12.4 Å². The molecule has 4 aromatic rings. The number of hydrogen-bond donors (Lipinski definition) is 0. The zero-order chi connectivity index (χ0) is 20.1. The van der Waals surface area contributed by atoms with Gasteiger partial charge in [-0.1, -0.05) is 78.0 Å². The molecule has 0 unspecified atom stereocenters. The number of ether oxygens (including phenoxy) is 1. The first-order valence-electron chi connectivity index (χ1n) is 9.22. The SMILES string of the molecule is CSc1nnc(COc2ccc(Cl)cc2)n1Cc1ccccc1-c1ccccc1. The first kappa shape index (κ1) is 19.6. The zero-order valence-corrected chi connectivity index (χ0v) is 17.5. The highest BCUT2D eigenvalue weighted by atomic mass is 35.5. The van der Waals surface area contributed by atoms with E-state index in [1.807, 2.05) is 36.6 Å². The van der Waals surface area contributed by atoms with E-state index in [0.29, 0.717) is 18.2 Å². The van der Waals surface area contributed by atoms with E-state index in [1.54, 1.807) is 11.8 Å². The molecule has 4 rings (SSSR count). The smallest absolute Gasteiger partial charge is 0.191 e. The summed E-state index contributed by atoms with van der Waals surface area (Å²) < 4.78 is 8.02. The number of halogens is 1. The number of benzene rings is 3. The number of aromatic nitrogens is 3. The van der Waals surface area contributed by atoms with E-state index in [1.165, 1.54) is 16.7 Å². The van der Waals surface area contributed by atoms with E-state index in [-0.39, 0.29) is 0 Å². The van der Waals surface area contributed by atoms with Crippen LogP contribution >= 0.6 is 23.4 Å². The second kappa shape index (κ2) is 9.16. The number of thioether (sulfide) groups is 1. The molecule has 1 aromatic heterocycles. The lowest BCUT2D eigenvalue weighted by Gasteiger charge is -2.14. The van der Waals surface area contributed by atoms with Gasteiger partial charge in [0, 0.05) is 5.02 Å². The highest BCUT2D eigenvalue weighted by Crippen LogP contribution is 2.26. The topological polar surface area (TPSA) is 39.9 Å². The summed E-state index contributed by atoms with van der Waals surface area (Å²) in [5, 5.41) is 10.2. The highest BCUT2D eigenvalue weighted by molar-refractivity contribution is 7.98. The molecule has 0 spiro atoms. The fourth-order valence-corrected chi connectivity index (χ4v) is 3.78. The van der Waals surface area contributed by atoms with Gasteiger partial charge in [-0.15, -0.1) is 10.2 Å². The summed E-state index contributed by atoms with van der Waals surface area (Å²) in [6, 6.07) is 26.2. The quantitative estimate of drug-likeness (QED) is 0.346. The van der Waals surface area contributed by atoms with Gasteiger partial charge in [0.05, 0.1) is 6.54 Å². The van der Waals surface area contributed by atoms with Gasteiger partial charge in [-0.25, -0.2) is 0 Å². The Bertz CT molecular complexity index is 1080. The molecule has 0 aliphatic rings. The number of rotatable bonds is 7. The van der Waals surface area contributed by atoms with E-state index < -0.39 is 0 Å². The average Bonchev–Trinajstić information content (AvgIpc) is 3.16. The maximum absolute atomic E-state index is 5.95. The van der Waals surface area contributed by atoms with Crippen LogP contribution in [-0.2, 0) is 13.2 Å². The van der Waals surface area contributed by atoms with Crippen molar-refractivity contribution in [1.29, 1.82) is 0 Å². The van der Waals surface area contributed by atoms with Crippen molar-refractivity contribution in [3.8, 4) is 16.9 Å². The third kappa shape index (κ3) is 4.63. The van der Waals surface area contributed by atoms with Gasteiger partial charge in [0.15, 0.2) is 11.0 Å². The molecule has 0 amide bonds. The summed E-state index contributed by atoms with van der Waals surface area (Å²) >= 11 is 7.52. The predicted octanol–water partition coefficient (Wildman–Crippen LogP) is 5.95. The molecular formula is C23H20ClN3OS. The molecule has 3 aromatic carbocycles. The second-order valence-corrected chi connectivity index (χ2v) is 7.66. The molecule has 0 radical (unpaired) electrons. The van der Waals surface area contributed by atoms with E-state index in [4.69, 9.17) is 16.3 Å². The van der Waals surface area contributed by atoms with Crippen LogP contribution in [0, 0.1) is 0 Å². The number of nitrogens with zero attached hydrogens (tertiary/aromatic N) is 3. The molecule has 4 nitrogen and oxygen atoms in total. The van der Waals surface area contributed by atoms with E-state index in [9.17, 15) is 0 Å². The fourth-order valence-electron chi connectivity index (χ4n) is 3.14. The molecule has 29 heavy (non-hydrogen) atoms.